The highest BCUT2D eigenvalue weighted by atomic mass is 16.5. The summed E-state index contributed by atoms with van der Waals surface area (Å²) in [5.41, 5.74) is 7.62. The summed E-state index contributed by atoms with van der Waals surface area (Å²) in [7, 11) is 0. The maximum absolute atomic E-state index is 5.54. The van der Waals surface area contributed by atoms with E-state index in [0.29, 0.717) is 19.0 Å². The van der Waals surface area contributed by atoms with E-state index in [4.69, 9.17) is 10.5 Å². The number of aromatic nitrogens is 1. The van der Waals surface area contributed by atoms with Gasteiger partial charge >= 0.3 is 0 Å². The fraction of sp³-hybridized carbons (Fsp3) is 0.154. The Morgan fingerprint density at radius 2 is 1.81 bits per heavy atom. The second kappa shape index (κ2) is 5.28. The molecule has 0 aliphatic heterocycles. The van der Waals surface area contributed by atoms with Crippen molar-refractivity contribution in [2.45, 2.75) is 13.2 Å². The van der Waals surface area contributed by atoms with Crippen LogP contribution in [-0.4, -0.2) is 4.98 Å². The standard InChI is InChI=1S/C13H14N2O/c14-8-12-6-7-13(15-9-12)16-10-11-4-2-1-3-5-11/h1-7,9H,8,10,14H2. The van der Waals surface area contributed by atoms with E-state index in [1.54, 1.807) is 6.20 Å². The summed E-state index contributed by atoms with van der Waals surface area (Å²) in [6.45, 7) is 1.04. The summed E-state index contributed by atoms with van der Waals surface area (Å²) >= 11 is 0. The summed E-state index contributed by atoms with van der Waals surface area (Å²) in [6.07, 6.45) is 1.74. The van der Waals surface area contributed by atoms with Crippen LogP contribution in [0.4, 0.5) is 0 Å². The van der Waals surface area contributed by atoms with Crippen molar-refractivity contribution in [3.63, 3.8) is 0 Å². The van der Waals surface area contributed by atoms with E-state index in [1.165, 1.54) is 0 Å². The normalized spacial score (nSPS) is 10.1. The predicted molar refractivity (Wildman–Crippen MR) is 62.9 cm³/mol. The summed E-state index contributed by atoms with van der Waals surface area (Å²) in [5.74, 6) is 0.626. The van der Waals surface area contributed by atoms with E-state index >= 15 is 0 Å². The molecule has 16 heavy (non-hydrogen) atoms. The lowest BCUT2D eigenvalue weighted by atomic mass is 10.2. The van der Waals surface area contributed by atoms with Crippen LogP contribution in [0.25, 0.3) is 0 Å². The van der Waals surface area contributed by atoms with E-state index in [2.05, 4.69) is 4.98 Å². The van der Waals surface area contributed by atoms with Gasteiger partial charge in [0.05, 0.1) is 0 Å². The molecule has 0 bridgehead atoms. The first-order valence-electron chi connectivity index (χ1n) is 5.20. The zero-order valence-corrected chi connectivity index (χ0v) is 8.97. The van der Waals surface area contributed by atoms with Crippen LogP contribution in [0.5, 0.6) is 5.88 Å². The van der Waals surface area contributed by atoms with Crippen LogP contribution in [0.2, 0.25) is 0 Å². The van der Waals surface area contributed by atoms with Crippen molar-refractivity contribution >= 4 is 0 Å². The van der Waals surface area contributed by atoms with Crippen molar-refractivity contribution in [3.05, 3.63) is 59.8 Å². The minimum atomic E-state index is 0.506. The first-order valence-corrected chi connectivity index (χ1v) is 5.20. The summed E-state index contributed by atoms with van der Waals surface area (Å²) in [5, 5.41) is 0. The molecule has 0 saturated carbocycles. The number of benzene rings is 1. The van der Waals surface area contributed by atoms with E-state index in [9.17, 15) is 0 Å². The molecule has 0 aliphatic carbocycles. The van der Waals surface area contributed by atoms with Gasteiger partial charge in [0.2, 0.25) is 5.88 Å². The summed E-state index contributed by atoms with van der Waals surface area (Å²) < 4.78 is 5.54. The molecule has 2 N–H and O–H groups in total. The van der Waals surface area contributed by atoms with Crippen molar-refractivity contribution in [2.75, 3.05) is 0 Å². The SMILES string of the molecule is NCc1ccc(OCc2ccccc2)nc1. The van der Waals surface area contributed by atoms with Gasteiger partial charge < -0.3 is 10.5 Å². The van der Waals surface area contributed by atoms with Gasteiger partial charge in [-0.2, -0.15) is 0 Å². The van der Waals surface area contributed by atoms with Gasteiger partial charge in [-0.15, -0.1) is 0 Å². The number of rotatable bonds is 4. The largest absolute Gasteiger partial charge is 0.473 e. The maximum Gasteiger partial charge on any atom is 0.213 e. The van der Waals surface area contributed by atoms with Crippen molar-refractivity contribution < 1.29 is 4.74 Å². The molecule has 3 nitrogen and oxygen atoms in total. The van der Waals surface area contributed by atoms with Crippen molar-refractivity contribution in [2.24, 2.45) is 5.73 Å². The van der Waals surface area contributed by atoms with Gasteiger partial charge in [-0.3, -0.25) is 0 Å². The highest BCUT2D eigenvalue weighted by Gasteiger charge is 1.96. The number of nitrogens with zero attached hydrogens (tertiary/aromatic N) is 1. The average molecular weight is 214 g/mol. The molecule has 0 amide bonds. The Morgan fingerprint density at radius 1 is 1.00 bits per heavy atom. The zero-order chi connectivity index (χ0) is 11.2. The average Bonchev–Trinajstić information content (AvgIpc) is 2.38. The van der Waals surface area contributed by atoms with Crippen LogP contribution in [-0.2, 0) is 13.2 Å². The number of ether oxygens (including phenoxy) is 1. The zero-order valence-electron chi connectivity index (χ0n) is 8.97. The molecule has 82 valence electrons. The van der Waals surface area contributed by atoms with Gasteiger partial charge in [-0.1, -0.05) is 36.4 Å². The second-order valence-electron chi connectivity index (χ2n) is 3.48. The summed E-state index contributed by atoms with van der Waals surface area (Å²) in [6, 6.07) is 13.8. The lowest BCUT2D eigenvalue weighted by Crippen LogP contribution is -1.99. The van der Waals surface area contributed by atoms with Crippen molar-refractivity contribution in [3.8, 4) is 5.88 Å². The number of pyridine rings is 1. The Hall–Kier alpha value is -1.87. The van der Waals surface area contributed by atoms with Crippen molar-refractivity contribution in [1.82, 2.24) is 4.98 Å². The Bertz CT molecular complexity index is 425. The monoisotopic (exact) mass is 214 g/mol. The smallest absolute Gasteiger partial charge is 0.213 e. The maximum atomic E-state index is 5.54. The fourth-order valence-corrected chi connectivity index (χ4v) is 1.35. The second-order valence-corrected chi connectivity index (χ2v) is 3.48. The molecule has 1 aromatic heterocycles. The molecule has 1 heterocycles. The predicted octanol–water partition coefficient (Wildman–Crippen LogP) is 2.12. The highest BCUT2D eigenvalue weighted by Crippen LogP contribution is 2.09. The highest BCUT2D eigenvalue weighted by molar-refractivity contribution is 5.19. The van der Waals surface area contributed by atoms with Crippen LogP contribution in [0.15, 0.2) is 48.7 Å². The Kier molecular flexibility index (Phi) is 3.51. The fourth-order valence-electron chi connectivity index (χ4n) is 1.35. The third-order valence-corrected chi connectivity index (χ3v) is 2.26. The van der Waals surface area contributed by atoms with Gasteiger partial charge in [0.15, 0.2) is 0 Å². The quantitative estimate of drug-likeness (QED) is 0.848. The molecule has 0 spiro atoms. The Morgan fingerprint density at radius 3 is 2.44 bits per heavy atom. The molecular formula is C13H14N2O. The van der Waals surface area contributed by atoms with Crippen LogP contribution in [0.1, 0.15) is 11.1 Å². The lowest BCUT2D eigenvalue weighted by Gasteiger charge is -2.05. The van der Waals surface area contributed by atoms with Gasteiger partial charge in [-0.05, 0) is 11.1 Å². The molecule has 0 atom stereocenters. The molecule has 0 saturated heterocycles. The number of hydrogen-bond acceptors (Lipinski definition) is 3. The molecule has 3 heteroatoms. The van der Waals surface area contributed by atoms with Crippen LogP contribution in [0.3, 0.4) is 0 Å². The first-order chi connectivity index (χ1) is 7.88. The minimum Gasteiger partial charge on any atom is -0.473 e. The molecule has 0 unspecified atom stereocenters. The number of nitrogens with two attached hydrogens (primary N) is 1. The molecule has 1 aromatic carbocycles. The van der Waals surface area contributed by atoms with Gasteiger partial charge in [0.1, 0.15) is 6.61 Å². The van der Waals surface area contributed by atoms with E-state index in [0.717, 1.165) is 11.1 Å². The van der Waals surface area contributed by atoms with E-state index in [-0.39, 0.29) is 0 Å². The third kappa shape index (κ3) is 2.81. The van der Waals surface area contributed by atoms with Crippen LogP contribution in [0, 0.1) is 0 Å². The molecule has 0 radical (unpaired) electrons. The van der Waals surface area contributed by atoms with Crippen LogP contribution >= 0.6 is 0 Å². The van der Waals surface area contributed by atoms with Crippen molar-refractivity contribution in [1.29, 1.82) is 0 Å². The lowest BCUT2D eigenvalue weighted by molar-refractivity contribution is 0.294. The summed E-state index contributed by atoms with van der Waals surface area (Å²) in [4.78, 5) is 4.16. The molecular weight excluding hydrogens is 200 g/mol. The molecule has 0 fully saturated rings. The molecule has 0 aliphatic rings. The molecule has 2 rings (SSSR count). The minimum absolute atomic E-state index is 0.506. The van der Waals surface area contributed by atoms with Crippen LogP contribution < -0.4 is 10.5 Å². The topological polar surface area (TPSA) is 48.1 Å². The van der Waals surface area contributed by atoms with Gasteiger partial charge in [-0.25, -0.2) is 4.98 Å². The van der Waals surface area contributed by atoms with E-state index in [1.807, 2.05) is 42.5 Å². The Labute approximate surface area is 94.9 Å². The molecule has 2 aromatic rings. The first kappa shape index (κ1) is 10.6. The third-order valence-electron chi connectivity index (χ3n) is 2.26. The van der Waals surface area contributed by atoms with Gasteiger partial charge in [0, 0.05) is 18.8 Å². The Balaban J connectivity index is 1.94. The number of hydrogen-bond donors (Lipinski definition) is 1. The van der Waals surface area contributed by atoms with Gasteiger partial charge in [0.25, 0.3) is 0 Å². The van der Waals surface area contributed by atoms with E-state index < -0.39 is 0 Å².